The van der Waals surface area contributed by atoms with Crippen LogP contribution in [-0.2, 0) is 0 Å². The molecule has 0 saturated heterocycles. The summed E-state index contributed by atoms with van der Waals surface area (Å²) in [5, 5.41) is 0.482. The molecule has 0 aliphatic rings. The highest BCUT2D eigenvalue weighted by atomic mass is 35.5. The molecule has 54 valence electrons. The summed E-state index contributed by atoms with van der Waals surface area (Å²) in [5.74, 6) is 0. The van der Waals surface area contributed by atoms with E-state index in [-0.39, 0.29) is 12.4 Å². The van der Waals surface area contributed by atoms with Crippen molar-refractivity contribution in [3.05, 3.63) is 36.7 Å². The second-order valence-electron chi connectivity index (χ2n) is 1.62. The van der Waals surface area contributed by atoms with Crippen LogP contribution in [0.4, 0.5) is 0 Å². The SMILES string of the molecule is C=C(Cl)c1ccccn1.Cl. The van der Waals surface area contributed by atoms with Gasteiger partial charge in [0, 0.05) is 6.20 Å². The lowest BCUT2D eigenvalue weighted by Gasteiger charge is -1.91. The average molecular weight is 176 g/mol. The van der Waals surface area contributed by atoms with Gasteiger partial charge in [-0.25, -0.2) is 0 Å². The maximum absolute atomic E-state index is 5.55. The van der Waals surface area contributed by atoms with Crippen LogP contribution in [-0.4, -0.2) is 4.98 Å². The maximum Gasteiger partial charge on any atom is 0.0809 e. The topological polar surface area (TPSA) is 12.9 Å². The molecule has 0 N–H and O–H groups in total. The summed E-state index contributed by atoms with van der Waals surface area (Å²) < 4.78 is 0. The molecule has 0 aliphatic carbocycles. The molecule has 0 amide bonds. The number of nitrogens with zero attached hydrogens (tertiary/aromatic N) is 1. The number of rotatable bonds is 1. The van der Waals surface area contributed by atoms with Crippen LogP contribution in [0.1, 0.15) is 5.69 Å². The van der Waals surface area contributed by atoms with Crippen molar-refractivity contribution >= 4 is 29.0 Å². The molecule has 1 rings (SSSR count). The molecule has 0 aromatic carbocycles. The molecule has 0 unspecified atom stereocenters. The minimum absolute atomic E-state index is 0. The van der Waals surface area contributed by atoms with E-state index < -0.39 is 0 Å². The molecular weight excluding hydrogens is 169 g/mol. The predicted molar refractivity (Wildman–Crippen MR) is 46.4 cm³/mol. The smallest absolute Gasteiger partial charge is 0.0809 e. The van der Waals surface area contributed by atoms with Gasteiger partial charge in [-0.3, -0.25) is 4.98 Å². The summed E-state index contributed by atoms with van der Waals surface area (Å²) in [5.41, 5.74) is 0.735. The van der Waals surface area contributed by atoms with Crippen LogP contribution in [0.2, 0.25) is 0 Å². The van der Waals surface area contributed by atoms with Crippen molar-refractivity contribution in [2.45, 2.75) is 0 Å². The summed E-state index contributed by atoms with van der Waals surface area (Å²) in [6.07, 6.45) is 1.68. The van der Waals surface area contributed by atoms with E-state index >= 15 is 0 Å². The number of hydrogen-bond acceptors (Lipinski definition) is 1. The number of halogens is 2. The van der Waals surface area contributed by atoms with Crippen LogP contribution in [0.25, 0.3) is 5.03 Å². The van der Waals surface area contributed by atoms with Crippen molar-refractivity contribution in [2.75, 3.05) is 0 Å². The Morgan fingerprint density at radius 2 is 2.20 bits per heavy atom. The van der Waals surface area contributed by atoms with Crippen molar-refractivity contribution < 1.29 is 0 Å². The number of aromatic nitrogens is 1. The molecule has 0 aliphatic heterocycles. The number of pyridine rings is 1. The second kappa shape index (κ2) is 4.31. The number of hydrogen-bond donors (Lipinski definition) is 0. The first-order chi connectivity index (χ1) is 4.30. The predicted octanol–water partition coefficient (Wildman–Crippen LogP) is 2.71. The van der Waals surface area contributed by atoms with E-state index in [0.29, 0.717) is 5.03 Å². The van der Waals surface area contributed by atoms with Gasteiger partial charge in [-0.2, -0.15) is 0 Å². The fourth-order valence-corrected chi connectivity index (χ4v) is 0.635. The normalized spacial score (nSPS) is 8.10. The molecule has 3 heteroatoms. The van der Waals surface area contributed by atoms with E-state index in [1.807, 2.05) is 18.2 Å². The standard InChI is InChI=1S/C7H6ClN.ClH/c1-6(8)7-4-2-3-5-9-7;/h2-5H,1H2;1H. The van der Waals surface area contributed by atoms with Gasteiger partial charge in [0.05, 0.1) is 10.7 Å². The molecule has 0 bridgehead atoms. The first-order valence-corrected chi connectivity index (χ1v) is 2.94. The van der Waals surface area contributed by atoms with Gasteiger partial charge in [0.2, 0.25) is 0 Å². The molecule has 1 nitrogen and oxygen atoms in total. The van der Waals surface area contributed by atoms with Gasteiger partial charge in [0.15, 0.2) is 0 Å². The quantitative estimate of drug-likeness (QED) is 0.640. The summed E-state index contributed by atoms with van der Waals surface area (Å²) in [6.45, 7) is 3.53. The Morgan fingerprint density at radius 3 is 2.50 bits per heavy atom. The maximum atomic E-state index is 5.55. The first-order valence-electron chi connectivity index (χ1n) is 2.56. The molecule has 1 aromatic heterocycles. The molecule has 0 atom stereocenters. The molecule has 0 saturated carbocycles. The largest absolute Gasteiger partial charge is 0.255 e. The Balaban J connectivity index is 0.000000810. The van der Waals surface area contributed by atoms with E-state index in [0.717, 1.165) is 5.69 Å². The lowest BCUT2D eigenvalue weighted by Crippen LogP contribution is -1.78. The van der Waals surface area contributed by atoms with E-state index in [9.17, 15) is 0 Å². The monoisotopic (exact) mass is 175 g/mol. The summed E-state index contributed by atoms with van der Waals surface area (Å²) in [7, 11) is 0. The van der Waals surface area contributed by atoms with Crippen molar-refractivity contribution in [3.8, 4) is 0 Å². The van der Waals surface area contributed by atoms with Crippen LogP contribution in [0.15, 0.2) is 31.0 Å². The Morgan fingerprint density at radius 1 is 1.50 bits per heavy atom. The highest BCUT2D eigenvalue weighted by molar-refractivity contribution is 6.47. The molecule has 0 radical (unpaired) electrons. The third-order valence-corrected chi connectivity index (χ3v) is 1.14. The first kappa shape index (κ1) is 9.47. The molecule has 10 heavy (non-hydrogen) atoms. The van der Waals surface area contributed by atoms with Gasteiger partial charge >= 0.3 is 0 Å². The lowest BCUT2D eigenvalue weighted by molar-refractivity contribution is 1.29. The average Bonchev–Trinajstić information content (AvgIpc) is 1.90. The minimum atomic E-state index is 0. The molecule has 0 fully saturated rings. The Hall–Kier alpha value is -0.530. The van der Waals surface area contributed by atoms with Crippen molar-refractivity contribution in [2.24, 2.45) is 0 Å². The van der Waals surface area contributed by atoms with E-state index in [1.54, 1.807) is 6.20 Å². The Bertz CT molecular complexity index is 208. The van der Waals surface area contributed by atoms with Crippen molar-refractivity contribution in [1.29, 1.82) is 0 Å². The van der Waals surface area contributed by atoms with E-state index in [1.165, 1.54) is 0 Å². The summed E-state index contributed by atoms with van der Waals surface area (Å²) in [6, 6.07) is 5.52. The summed E-state index contributed by atoms with van der Waals surface area (Å²) in [4.78, 5) is 3.95. The Labute approximate surface area is 71.1 Å². The summed E-state index contributed by atoms with van der Waals surface area (Å²) >= 11 is 5.55. The van der Waals surface area contributed by atoms with Gasteiger partial charge in [-0.1, -0.05) is 24.2 Å². The van der Waals surface area contributed by atoms with Crippen LogP contribution < -0.4 is 0 Å². The molecular formula is C7H7Cl2N. The molecule has 1 aromatic rings. The van der Waals surface area contributed by atoms with Crippen molar-refractivity contribution in [3.63, 3.8) is 0 Å². The van der Waals surface area contributed by atoms with E-state index in [2.05, 4.69) is 11.6 Å². The zero-order valence-electron chi connectivity index (χ0n) is 5.25. The van der Waals surface area contributed by atoms with Gasteiger partial charge in [-0.15, -0.1) is 12.4 Å². The highest BCUT2D eigenvalue weighted by Gasteiger charge is 1.90. The molecule has 1 heterocycles. The van der Waals surface area contributed by atoms with Crippen LogP contribution in [0, 0.1) is 0 Å². The van der Waals surface area contributed by atoms with Gasteiger partial charge in [0.1, 0.15) is 0 Å². The third kappa shape index (κ3) is 2.38. The minimum Gasteiger partial charge on any atom is -0.255 e. The van der Waals surface area contributed by atoms with Gasteiger partial charge < -0.3 is 0 Å². The zero-order valence-corrected chi connectivity index (χ0v) is 6.82. The van der Waals surface area contributed by atoms with Crippen LogP contribution in [0.3, 0.4) is 0 Å². The fourth-order valence-electron chi connectivity index (χ4n) is 0.523. The zero-order chi connectivity index (χ0) is 6.69. The van der Waals surface area contributed by atoms with Gasteiger partial charge in [-0.05, 0) is 12.1 Å². The van der Waals surface area contributed by atoms with Crippen LogP contribution in [0.5, 0.6) is 0 Å². The molecule has 0 spiro atoms. The second-order valence-corrected chi connectivity index (χ2v) is 2.08. The highest BCUT2D eigenvalue weighted by Crippen LogP contribution is 2.11. The van der Waals surface area contributed by atoms with Crippen molar-refractivity contribution in [1.82, 2.24) is 4.98 Å². The lowest BCUT2D eigenvalue weighted by atomic mass is 10.3. The Kier molecular flexibility index (Phi) is 4.08. The fraction of sp³-hybridized carbons (Fsp3) is 0. The van der Waals surface area contributed by atoms with Gasteiger partial charge in [0.25, 0.3) is 0 Å². The van der Waals surface area contributed by atoms with Crippen LogP contribution >= 0.6 is 24.0 Å². The third-order valence-electron chi connectivity index (χ3n) is 0.943. The van der Waals surface area contributed by atoms with E-state index in [4.69, 9.17) is 11.6 Å².